The van der Waals surface area contributed by atoms with Gasteiger partial charge in [-0.3, -0.25) is 4.72 Å². The lowest BCUT2D eigenvalue weighted by atomic mass is 10.3. The first kappa shape index (κ1) is 16.3. The minimum absolute atomic E-state index is 0.0654. The molecular weight excluding hydrogens is 429 g/mol. The van der Waals surface area contributed by atoms with E-state index in [4.69, 9.17) is 4.74 Å². The monoisotopic (exact) mass is 437 g/mol. The molecule has 0 aliphatic heterocycles. The second kappa shape index (κ2) is 6.33. The van der Waals surface area contributed by atoms with E-state index in [2.05, 4.69) is 36.6 Å². The fourth-order valence-corrected chi connectivity index (χ4v) is 3.73. The van der Waals surface area contributed by atoms with E-state index >= 15 is 0 Å². The maximum absolute atomic E-state index is 13.1. The van der Waals surface area contributed by atoms with Gasteiger partial charge in [0, 0.05) is 0 Å². The van der Waals surface area contributed by atoms with Crippen molar-refractivity contribution in [2.24, 2.45) is 0 Å². The van der Waals surface area contributed by atoms with Crippen molar-refractivity contribution in [3.05, 3.63) is 51.2 Å². The third-order valence-corrected chi connectivity index (χ3v) is 5.21. The van der Waals surface area contributed by atoms with Gasteiger partial charge in [-0.15, -0.1) is 0 Å². The lowest BCUT2D eigenvalue weighted by molar-refractivity contribution is 0.411. The SMILES string of the molecule is COc1ccc(S(=O)(=O)Nc2ccc(F)c(Br)c2)cc1Br. The quantitative estimate of drug-likeness (QED) is 0.779. The molecule has 0 amide bonds. The first-order valence-electron chi connectivity index (χ1n) is 5.65. The van der Waals surface area contributed by atoms with Crippen LogP contribution in [-0.4, -0.2) is 15.5 Å². The zero-order chi connectivity index (χ0) is 15.6. The van der Waals surface area contributed by atoms with Crippen LogP contribution in [0.1, 0.15) is 0 Å². The lowest BCUT2D eigenvalue weighted by Gasteiger charge is -2.10. The largest absolute Gasteiger partial charge is 0.496 e. The van der Waals surface area contributed by atoms with Gasteiger partial charge in [-0.05, 0) is 68.3 Å². The number of hydrogen-bond donors (Lipinski definition) is 1. The van der Waals surface area contributed by atoms with Crippen molar-refractivity contribution in [1.82, 2.24) is 0 Å². The van der Waals surface area contributed by atoms with E-state index in [-0.39, 0.29) is 15.1 Å². The van der Waals surface area contributed by atoms with E-state index in [1.54, 1.807) is 6.07 Å². The molecule has 0 saturated carbocycles. The molecule has 0 aliphatic rings. The zero-order valence-corrected chi connectivity index (χ0v) is 14.7. The number of hydrogen-bond acceptors (Lipinski definition) is 3. The van der Waals surface area contributed by atoms with Gasteiger partial charge in [0.05, 0.1) is 26.6 Å². The van der Waals surface area contributed by atoms with Gasteiger partial charge in [0.2, 0.25) is 0 Å². The average Bonchev–Trinajstić information content (AvgIpc) is 2.42. The molecule has 0 atom stereocenters. The van der Waals surface area contributed by atoms with Crippen molar-refractivity contribution in [1.29, 1.82) is 0 Å². The van der Waals surface area contributed by atoms with Crippen LogP contribution in [0, 0.1) is 5.82 Å². The summed E-state index contributed by atoms with van der Waals surface area (Å²) in [6.07, 6.45) is 0. The van der Waals surface area contributed by atoms with Gasteiger partial charge in [-0.2, -0.15) is 0 Å². The normalized spacial score (nSPS) is 11.2. The molecule has 112 valence electrons. The minimum atomic E-state index is -3.77. The Labute approximate surface area is 138 Å². The Morgan fingerprint density at radius 3 is 2.38 bits per heavy atom. The molecule has 1 N–H and O–H groups in total. The molecule has 0 bridgehead atoms. The van der Waals surface area contributed by atoms with Crippen LogP contribution in [0.4, 0.5) is 10.1 Å². The van der Waals surface area contributed by atoms with E-state index in [9.17, 15) is 12.8 Å². The number of sulfonamides is 1. The maximum atomic E-state index is 13.1. The van der Waals surface area contributed by atoms with Gasteiger partial charge < -0.3 is 4.74 Å². The summed E-state index contributed by atoms with van der Waals surface area (Å²) in [5.74, 6) is 0.0589. The summed E-state index contributed by atoms with van der Waals surface area (Å²) in [5, 5.41) is 0. The van der Waals surface area contributed by atoms with Gasteiger partial charge in [-0.1, -0.05) is 0 Å². The highest BCUT2D eigenvalue weighted by Gasteiger charge is 2.16. The first-order valence-corrected chi connectivity index (χ1v) is 8.72. The van der Waals surface area contributed by atoms with E-state index in [1.807, 2.05) is 0 Å². The number of nitrogens with one attached hydrogen (secondary N) is 1. The van der Waals surface area contributed by atoms with E-state index in [0.717, 1.165) is 0 Å². The fraction of sp³-hybridized carbons (Fsp3) is 0.0769. The number of ether oxygens (including phenoxy) is 1. The van der Waals surface area contributed by atoms with E-state index < -0.39 is 15.8 Å². The van der Waals surface area contributed by atoms with Crippen LogP contribution >= 0.6 is 31.9 Å². The molecule has 4 nitrogen and oxygen atoms in total. The van der Waals surface area contributed by atoms with Gasteiger partial charge >= 0.3 is 0 Å². The second-order valence-electron chi connectivity index (χ2n) is 4.03. The number of rotatable bonds is 4. The van der Waals surface area contributed by atoms with Crippen molar-refractivity contribution < 1.29 is 17.5 Å². The fourth-order valence-electron chi connectivity index (χ4n) is 1.59. The number of methoxy groups -OCH3 is 1. The number of halogens is 3. The van der Waals surface area contributed by atoms with Crippen molar-refractivity contribution in [2.75, 3.05) is 11.8 Å². The van der Waals surface area contributed by atoms with Crippen LogP contribution < -0.4 is 9.46 Å². The van der Waals surface area contributed by atoms with Gasteiger partial charge in [-0.25, -0.2) is 12.8 Å². The highest BCUT2D eigenvalue weighted by molar-refractivity contribution is 9.10. The number of benzene rings is 2. The third kappa shape index (κ3) is 3.75. The summed E-state index contributed by atoms with van der Waals surface area (Å²) in [6.45, 7) is 0. The zero-order valence-electron chi connectivity index (χ0n) is 10.7. The Bertz CT molecular complexity index is 781. The van der Waals surface area contributed by atoms with Crippen molar-refractivity contribution in [3.8, 4) is 5.75 Å². The summed E-state index contributed by atoms with van der Waals surface area (Å²) in [6, 6.07) is 8.26. The highest BCUT2D eigenvalue weighted by atomic mass is 79.9. The summed E-state index contributed by atoms with van der Waals surface area (Å²) >= 11 is 6.24. The van der Waals surface area contributed by atoms with Crippen molar-refractivity contribution in [3.63, 3.8) is 0 Å². The molecule has 0 heterocycles. The van der Waals surface area contributed by atoms with Gasteiger partial charge in [0.15, 0.2) is 0 Å². The van der Waals surface area contributed by atoms with Crippen molar-refractivity contribution in [2.45, 2.75) is 4.90 Å². The van der Waals surface area contributed by atoms with Crippen LogP contribution in [0.25, 0.3) is 0 Å². The minimum Gasteiger partial charge on any atom is -0.496 e. The summed E-state index contributed by atoms with van der Waals surface area (Å²) in [4.78, 5) is 0.0654. The Kier molecular flexibility index (Phi) is 4.90. The number of anilines is 1. The lowest BCUT2D eigenvalue weighted by Crippen LogP contribution is -2.13. The molecule has 2 rings (SSSR count). The molecule has 0 fully saturated rings. The predicted molar refractivity (Wildman–Crippen MR) is 85.6 cm³/mol. The molecule has 2 aromatic rings. The van der Waals surface area contributed by atoms with Crippen LogP contribution in [0.3, 0.4) is 0 Å². The molecule has 8 heteroatoms. The first-order chi connectivity index (χ1) is 9.83. The third-order valence-electron chi connectivity index (χ3n) is 2.61. The molecule has 0 radical (unpaired) electrons. The molecule has 0 aromatic heterocycles. The Morgan fingerprint density at radius 1 is 1.10 bits per heavy atom. The van der Waals surface area contributed by atoms with E-state index in [1.165, 1.54) is 37.4 Å². The summed E-state index contributed by atoms with van der Waals surface area (Å²) in [5.41, 5.74) is 0.259. The molecule has 0 aliphatic carbocycles. The van der Waals surface area contributed by atoms with Gasteiger partial charge in [0.1, 0.15) is 11.6 Å². The Morgan fingerprint density at radius 2 is 1.81 bits per heavy atom. The summed E-state index contributed by atoms with van der Waals surface area (Å²) in [7, 11) is -2.28. The van der Waals surface area contributed by atoms with E-state index in [0.29, 0.717) is 10.2 Å². The smallest absolute Gasteiger partial charge is 0.261 e. The molecule has 21 heavy (non-hydrogen) atoms. The standard InChI is InChI=1S/C13H10Br2FNO3S/c1-20-13-5-3-9(7-11(13)15)21(18,19)17-8-2-4-12(16)10(14)6-8/h2-7,17H,1H3. The average molecular weight is 439 g/mol. The van der Waals surface area contributed by atoms with Crippen LogP contribution in [0.2, 0.25) is 0 Å². The van der Waals surface area contributed by atoms with Crippen LogP contribution in [0.15, 0.2) is 50.2 Å². The molecular formula is C13H10Br2FNO3S. The molecule has 0 unspecified atom stereocenters. The van der Waals surface area contributed by atoms with Crippen LogP contribution in [0.5, 0.6) is 5.75 Å². The Hall–Kier alpha value is -1.12. The van der Waals surface area contributed by atoms with Crippen LogP contribution in [-0.2, 0) is 10.0 Å². The molecule has 2 aromatic carbocycles. The second-order valence-corrected chi connectivity index (χ2v) is 7.42. The summed E-state index contributed by atoms with van der Waals surface area (Å²) < 4.78 is 45.8. The van der Waals surface area contributed by atoms with Crippen molar-refractivity contribution >= 4 is 47.6 Å². The molecule has 0 spiro atoms. The topological polar surface area (TPSA) is 55.4 Å². The molecule has 0 saturated heterocycles. The maximum Gasteiger partial charge on any atom is 0.261 e. The Balaban J connectivity index is 2.33. The predicted octanol–water partition coefficient (Wildman–Crippen LogP) is 4.16. The highest BCUT2D eigenvalue weighted by Crippen LogP contribution is 2.29. The van der Waals surface area contributed by atoms with Gasteiger partial charge in [0.25, 0.3) is 10.0 Å².